The highest BCUT2D eigenvalue weighted by molar-refractivity contribution is 9.10. The van der Waals surface area contributed by atoms with Crippen molar-refractivity contribution >= 4 is 38.3 Å². The highest BCUT2D eigenvalue weighted by Gasteiger charge is 2.14. The summed E-state index contributed by atoms with van der Waals surface area (Å²) in [5, 5.41) is 4.91. The summed E-state index contributed by atoms with van der Waals surface area (Å²) >= 11 is 4.47. The number of carbonyl (C=O) groups is 1. The topological polar surface area (TPSA) is 69.7 Å². The first kappa shape index (κ1) is 20.1. The second-order valence-corrected chi connectivity index (χ2v) is 7.23. The predicted octanol–water partition coefficient (Wildman–Crippen LogP) is 4.75. The standard InChI is InChI=1S/C19H16BrFN2O4S/c1-25-12-4-6-16(26-2)13(8-12)15-10-28-19(22-15)23-18(24)9-27-17-5-3-11(21)7-14(17)20/h3-8,10H,9H2,1-2H3,(H,22,23,24). The summed E-state index contributed by atoms with van der Waals surface area (Å²) in [7, 11) is 3.16. The van der Waals surface area contributed by atoms with Gasteiger partial charge in [-0.05, 0) is 52.3 Å². The number of methoxy groups -OCH3 is 2. The summed E-state index contributed by atoms with van der Waals surface area (Å²) in [4.78, 5) is 16.6. The molecule has 0 aliphatic heterocycles. The van der Waals surface area contributed by atoms with Crippen LogP contribution in [-0.2, 0) is 4.79 Å². The second kappa shape index (κ2) is 9.03. The Balaban J connectivity index is 1.67. The lowest BCUT2D eigenvalue weighted by Gasteiger charge is -2.09. The number of aromatic nitrogens is 1. The van der Waals surface area contributed by atoms with E-state index in [0.29, 0.717) is 32.5 Å². The summed E-state index contributed by atoms with van der Waals surface area (Å²) in [6, 6.07) is 9.37. The lowest BCUT2D eigenvalue weighted by atomic mass is 10.1. The molecule has 0 bridgehead atoms. The molecule has 1 heterocycles. The van der Waals surface area contributed by atoms with Crippen LogP contribution >= 0.6 is 27.3 Å². The van der Waals surface area contributed by atoms with Gasteiger partial charge >= 0.3 is 0 Å². The molecule has 3 rings (SSSR count). The molecule has 0 radical (unpaired) electrons. The average molecular weight is 467 g/mol. The second-order valence-electron chi connectivity index (χ2n) is 5.52. The summed E-state index contributed by atoms with van der Waals surface area (Å²) in [5.74, 6) is 0.917. The molecule has 3 aromatic rings. The van der Waals surface area contributed by atoms with E-state index >= 15 is 0 Å². The van der Waals surface area contributed by atoms with Crippen molar-refractivity contribution in [1.29, 1.82) is 0 Å². The fourth-order valence-electron chi connectivity index (χ4n) is 2.36. The number of amides is 1. The number of benzene rings is 2. The molecule has 0 aliphatic carbocycles. The van der Waals surface area contributed by atoms with Crippen LogP contribution in [0.2, 0.25) is 0 Å². The van der Waals surface area contributed by atoms with Gasteiger partial charge in [0.1, 0.15) is 23.1 Å². The lowest BCUT2D eigenvalue weighted by molar-refractivity contribution is -0.118. The Morgan fingerprint density at radius 3 is 2.68 bits per heavy atom. The third-order valence-corrected chi connectivity index (χ3v) is 5.06. The molecule has 0 aliphatic rings. The maximum Gasteiger partial charge on any atom is 0.264 e. The average Bonchev–Trinajstić information content (AvgIpc) is 3.15. The maximum absolute atomic E-state index is 13.1. The summed E-state index contributed by atoms with van der Waals surface area (Å²) in [6.07, 6.45) is 0. The van der Waals surface area contributed by atoms with Crippen LogP contribution in [0.4, 0.5) is 9.52 Å². The Hall–Kier alpha value is -2.65. The molecular weight excluding hydrogens is 451 g/mol. The molecular formula is C19H16BrFN2O4S. The number of thiazole rings is 1. The van der Waals surface area contributed by atoms with Crippen LogP contribution in [0.5, 0.6) is 17.2 Å². The first-order chi connectivity index (χ1) is 13.5. The number of hydrogen-bond donors (Lipinski definition) is 1. The van der Waals surface area contributed by atoms with Gasteiger partial charge in [-0.3, -0.25) is 10.1 Å². The van der Waals surface area contributed by atoms with Gasteiger partial charge < -0.3 is 14.2 Å². The number of carbonyl (C=O) groups excluding carboxylic acids is 1. The molecule has 146 valence electrons. The summed E-state index contributed by atoms with van der Waals surface area (Å²) in [5.41, 5.74) is 1.41. The van der Waals surface area contributed by atoms with E-state index in [1.54, 1.807) is 26.4 Å². The van der Waals surface area contributed by atoms with Gasteiger partial charge in [-0.25, -0.2) is 9.37 Å². The quantitative estimate of drug-likeness (QED) is 0.544. The van der Waals surface area contributed by atoms with Gasteiger partial charge in [0.25, 0.3) is 5.91 Å². The van der Waals surface area contributed by atoms with Crippen molar-refractivity contribution in [3.8, 4) is 28.5 Å². The van der Waals surface area contributed by atoms with Crippen molar-refractivity contribution in [2.75, 3.05) is 26.1 Å². The SMILES string of the molecule is COc1ccc(OC)c(-c2csc(NC(=O)COc3ccc(F)cc3Br)n2)c1. The number of nitrogens with zero attached hydrogens (tertiary/aromatic N) is 1. The van der Waals surface area contributed by atoms with E-state index in [4.69, 9.17) is 14.2 Å². The molecule has 0 atom stereocenters. The lowest BCUT2D eigenvalue weighted by Crippen LogP contribution is -2.20. The zero-order valence-corrected chi connectivity index (χ0v) is 17.4. The monoisotopic (exact) mass is 466 g/mol. The van der Waals surface area contributed by atoms with Crippen LogP contribution in [0.15, 0.2) is 46.3 Å². The third-order valence-electron chi connectivity index (χ3n) is 3.69. The minimum absolute atomic E-state index is 0.234. The van der Waals surface area contributed by atoms with Gasteiger partial charge in [-0.2, -0.15) is 0 Å². The third kappa shape index (κ3) is 4.79. The van der Waals surface area contributed by atoms with Crippen molar-refractivity contribution in [1.82, 2.24) is 4.98 Å². The molecule has 1 aromatic heterocycles. The first-order valence-electron chi connectivity index (χ1n) is 8.05. The molecule has 2 aromatic carbocycles. The van der Waals surface area contributed by atoms with Crippen LogP contribution in [-0.4, -0.2) is 31.7 Å². The predicted molar refractivity (Wildman–Crippen MR) is 109 cm³/mol. The van der Waals surface area contributed by atoms with Gasteiger partial charge in [0.05, 0.1) is 24.4 Å². The van der Waals surface area contributed by atoms with Crippen molar-refractivity contribution in [3.63, 3.8) is 0 Å². The number of hydrogen-bond acceptors (Lipinski definition) is 6. The first-order valence-corrected chi connectivity index (χ1v) is 9.73. The van der Waals surface area contributed by atoms with E-state index in [1.165, 1.54) is 29.5 Å². The van der Waals surface area contributed by atoms with Gasteiger partial charge in [0.15, 0.2) is 11.7 Å². The van der Waals surface area contributed by atoms with Gasteiger partial charge in [0.2, 0.25) is 0 Å². The molecule has 0 spiro atoms. The maximum atomic E-state index is 13.1. The van der Waals surface area contributed by atoms with Gasteiger partial charge in [-0.15, -0.1) is 11.3 Å². The fraction of sp³-hybridized carbons (Fsp3) is 0.158. The zero-order valence-electron chi connectivity index (χ0n) is 15.0. The van der Waals surface area contributed by atoms with E-state index < -0.39 is 5.82 Å². The molecule has 1 amide bonds. The van der Waals surface area contributed by atoms with E-state index in [2.05, 4.69) is 26.2 Å². The number of ether oxygens (including phenoxy) is 3. The van der Waals surface area contributed by atoms with E-state index in [9.17, 15) is 9.18 Å². The highest BCUT2D eigenvalue weighted by atomic mass is 79.9. The van der Waals surface area contributed by atoms with Crippen molar-refractivity contribution in [2.24, 2.45) is 0 Å². The van der Waals surface area contributed by atoms with Gasteiger partial charge in [-0.1, -0.05) is 0 Å². The fourth-order valence-corrected chi connectivity index (χ4v) is 3.55. The van der Waals surface area contributed by atoms with E-state index in [-0.39, 0.29) is 12.5 Å². The number of rotatable bonds is 7. The highest BCUT2D eigenvalue weighted by Crippen LogP contribution is 2.35. The summed E-state index contributed by atoms with van der Waals surface area (Å²) < 4.78 is 29.5. The molecule has 0 saturated carbocycles. The minimum atomic E-state index is -0.396. The zero-order chi connectivity index (χ0) is 20.1. The van der Waals surface area contributed by atoms with Crippen LogP contribution in [0, 0.1) is 5.82 Å². The molecule has 0 saturated heterocycles. The molecule has 0 fully saturated rings. The van der Waals surface area contributed by atoms with Crippen LogP contribution in [0.3, 0.4) is 0 Å². The van der Waals surface area contributed by atoms with Crippen molar-refractivity contribution < 1.29 is 23.4 Å². The minimum Gasteiger partial charge on any atom is -0.497 e. The molecule has 0 unspecified atom stereocenters. The van der Waals surface area contributed by atoms with Crippen LogP contribution in [0.25, 0.3) is 11.3 Å². The Kier molecular flexibility index (Phi) is 6.48. The van der Waals surface area contributed by atoms with E-state index in [0.717, 1.165) is 5.56 Å². The number of halogens is 2. The molecule has 6 nitrogen and oxygen atoms in total. The van der Waals surface area contributed by atoms with Crippen LogP contribution < -0.4 is 19.5 Å². The molecule has 9 heteroatoms. The van der Waals surface area contributed by atoms with Crippen LogP contribution in [0.1, 0.15) is 0 Å². The smallest absolute Gasteiger partial charge is 0.264 e. The molecule has 1 N–H and O–H groups in total. The molecule has 28 heavy (non-hydrogen) atoms. The largest absolute Gasteiger partial charge is 0.497 e. The number of anilines is 1. The van der Waals surface area contributed by atoms with Crippen molar-refractivity contribution in [3.05, 3.63) is 52.1 Å². The summed E-state index contributed by atoms with van der Waals surface area (Å²) in [6.45, 7) is -0.234. The normalized spacial score (nSPS) is 10.4. The van der Waals surface area contributed by atoms with Crippen molar-refractivity contribution in [2.45, 2.75) is 0 Å². The Bertz CT molecular complexity index is 996. The Labute approximate surface area is 173 Å². The van der Waals surface area contributed by atoms with Gasteiger partial charge in [0, 0.05) is 10.9 Å². The Morgan fingerprint density at radius 2 is 1.96 bits per heavy atom. The number of nitrogens with one attached hydrogen (secondary N) is 1. The van der Waals surface area contributed by atoms with E-state index in [1.807, 2.05) is 11.4 Å². The Morgan fingerprint density at radius 1 is 1.18 bits per heavy atom.